The zero-order valence-corrected chi connectivity index (χ0v) is 11.1. The van der Waals surface area contributed by atoms with E-state index in [1.54, 1.807) is 18.3 Å². The molecule has 0 fully saturated rings. The molecule has 3 nitrogen and oxygen atoms in total. The molecular weight excluding hydrogens is 243 g/mol. The summed E-state index contributed by atoms with van der Waals surface area (Å²) >= 11 is 0. The maximum absolute atomic E-state index is 12.8. The Kier molecular flexibility index (Phi) is 4.12. The summed E-state index contributed by atoms with van der Waals surface area (Å²) in [5.74, 6) is 0.469. The third-order valence-electron chi connectivity index (χ3n) is 2.86. The van der Waals surface area contributed by atoms with E-state index < -0.39 is 0 Å². The van der Waals surface area contributed by atoms with Crippen LogP contribution in [0.3, 0.4) is 0 Å². The van der Waals surface area contributed by atoms with Gasteiger partial charge in [0.2, 0.25) is 0 Å². The number of hydrogen-bond donors (Lipinski definition) is 1. The van der Waals surface area contributed by atoms with E-state index >= 15 is 0 Å². The van der Waals surface area contributed by atoms with Crippen molar-refractivity contribution in [2.24, 2.45) is 5.73 Å². The highest BCUT2D eigenvalue weighted by Gasteiger charge is 2.06. The topological polar surface area (TPSA) is 48.1 Å². The van der Waals surface area contributed by atoms with Crippen molar-refractivity contribution < 1.29 is 9.13 Å². The molecule has 1 unspecified atom stereocenters. The van der Waals surface area contributed by atoms with Gasteiger partial charge in [-0.25, -0.2) is 4.39 Å². The van der Waals surface area contributed by atoms with Gasteiger partial charge < -0.3 is 10.5 Å². The first-order chi connectivity index (χ1) is 9.06. The molecule has 0 spiro atoms. The molecule has 100 valence electrons. The summed E-state index contributed by atoms with van der Waals surface area (Å²) in [4.78, 5) is 4.26. The van der Waals surface area contributed by atoms with Crippen molar-refractivity contribution in [2.45, 2.75) is 26.5 Å². The summed E-state index contributed by atoms with van der Waals surface area (Å²) < 4.78 is 18.4. The lowest BCUT2D eigenvalue weighted by molar-refractivity contribution is 0.302. The average molecular weight is 260 g/mol. The molecule has 2 N–H and O–H groups in total. The molecule has 4 heteroatoms. The van der Waals surface area contributed by atoms with Crippen molar-refractivity contribution >= 4 is 0 Å². The predicted octanol–water partition coefficient (Wildman–Crippen LogP) is 3.13. The molecule has 0 aliphatic heterocycles. The van der Waals surface area contributed by atoms with Gasteiger partial charge in [0.05, 0.1) is 11.9 Å². The van der Waals surface area contributed by atoms with E-state index in [-0.39, 0.29) is 11.9 Å². The van der Waals surface area contributed by atoms with Gasteiger partial charge in [0.15, 0.2) is 0 Å². The van der Waals surface area contributed by atoms with Crippen molar-refractivity contribution in [1.82, 2.24) is 4.98 Å². The van der Waals surface area contributed by atoms with Crippen LogP contribution in [0.25, 0.3) is 0 Å². The van der Waals surface area contributed by atoms with Crippen LogP contribution in [0.5, 0.6) is 5.75 Å². The predicted molar refractivity (Wildman–Crippen MR) is 72.3 cm³/mol. The Morgan fingerprint density at radius 3 is 2.58 bits per heavy atom. The molecular formula is C15H17FN2O. The highest BCUT2D eigenvalue weighted by molar-refractivity contribution is 5.32. The first-order valence-corrected chi connectivity index (χ1v) is 6.15. The van der Waals surface area contributed by atoms with E-state index in [0.717, 1.165) is 16.8 Å². The van der Waals surface area contributed by atoms with Crippen molar-refractivity contribution in [3.63, 3.8) is 0 Å². The first kappa shape index (κ1) is 13.5. The SMILES string of the molecule is Cc1cc(C(C)N)ncc1OCc1ccc(F)cc1. The second kappa shape index (κ2) is 5.80. The highest BCUT2D eigenvalue weighted by atomic mass is 19.1. The van der Waals surface area contributed by atoms with Gasteiger partial charge in [-0.15, -0.1) is 0 Å². The molecule has 0 aliphatic rings. The second-order valence-electron chi connectivity index (χ2n) is 4.58. The summed E-state index contributed by atoms with van der Waals surface area (Å²) in [5.41, 5.74) is 8.52. The monoisotopic (exact) mass is 260 g/mol. The fourth-order valence-electron chi connectivity index (χ4n) is 1.71. The molecule has 0 radical (unpaired) electrons. The van der Waals surface area contributed by atoms with Gasteiger partial charge in [-0.05, 0) is 43.2 Å². The van der Waals surface area contributed by atoms with E-state index in [1.165, 1.54) is 12.1 Å². The molecule has 19 heavy (non-hydrogen) atoms. The normalized spacial score (nSPS) is 12.2. The molecule has 1 heterocycles. The quantitative estimate of drug-likeness (QED) is 0.918. The molecule has 0 saturated heterocycles. The lowest BCUT2D eigenvalue weighted by Crippen LogP contribution is -2.08. The average Bonchev–Trinajstić information content (AvgIpc) is 2.39. The van der Waals surface area contributed by atoms with Crippen LogP contribution in [0, 0.1) is 12.7 Å². The number of nitrogens with zero attached hydrogens (tertiary/aromatic N) is 1. The van der Waals surface area contributed by atoms with Crippen molar-refractivity contribution in [3.05, 3.63) is 59.2 Å². The van der Waals surface area contributed by atoms with Crippen molar-refractivity contribution in [1.29, 1.82) is 0 Å². The molecule has 1 atom stereocenters. The number of nitrogens with two attached hydrogens (primary N) is 1. The lowest BCUT2D eigenvalue weighted by atomic mass is 10.1. The molecule has 0 saturated carbocycles. The number of rotatable bonds is 4. The van der Waals surface area contributed by atoms with Crippen LogP contribution in [0.4, 0.5) is 4.39 Å². The number of benzene rings is 1. The lowest BCUT2D eigenvalue weighted by Gasteiger charge is -2.11. The molecule has 0 aliphatic carbocycles. The van der Waals surface area contributed by atoms with Crippen molar-refractivity contribution in [2.75, 3.05) is 0 Å². The zero-order chi connectivity index (χ0) is 13.8. The van der Waals surface area contributed by atoms with Gasteiger partial charge >= 0.3 is 0 Å². The summed E-state index contributed by atoms with van der Waals surface area (Å²) in [6, 6.07) is 8.07. The number of pyridine rings is 1. The van der Waals surface area contributed by atoms with Gasteiger partial charge in [0.25, 0.3) is 0 Å². The summed E-state index contributed by atoms with van der Waals surface area (Å²) in [6.07, 6.45) is 1.68. The van der Waals surface area contributed by atoms with E-state index in [1.807, 2.05) is 19.9 Å². The van der Waals surface area contributed by atoms with Crippen molar-refractivity contribution in [3.8, 4) is 5.75 Å². The summed E-state index contributed by atoms with van der Waals surface area (Å²) in [6.45, 7) is 4.23. The first-order valence-electron chi connectivity index (χ1n) is 6.15. The molecule has 2 aromatic rings. The Hall–Kier alpha value is -1.94. The zero-order valence-electron chi connectivity index (χ0n) is 11.1. The third-order valence-corrected chi connectivity index (χ3v) is 2.86. The van der Waals surface area contributed by atoms with Gasteiger partial charge in [-0.1, -0.05) is 12.1 Å². The molecule has 2 rings (SSSR count). The van der Waals surface area contributed by atoms with Crippen LogP contribution in [-0.2, 0) is 6.61 Å². The smallest absolute Gasteiger partial charge is 0.141 e. The number of aromatic nitrogens is 1. The molecule has 0 amide bonds. The number of aryl methyl sites for hydroxylation is 1. The maximum Gasteiger partial charge on any atom is 0.141 e. The Bertz CT molecular complexity index is 553. The minimum absolute atomic E-state index is 0.0927. The fraction of sp³-hybridized carbons (Fsp3) is 0.267. The second-order valence-corrected chi connectivity index (χ2v) is 4.58. The minimum Gasteiger partial charge on any atom is -0.487 e. The van der Waals surface area contributed by atoms with Gasteiger partial charge in [0.1, 0.15) is 18.2 Å². The fourth-order valence-corrected chi connectivity index (χ4v) is 1.71. The summed E-state index contributed by atoms with van der Waals surface area (Å²) in [5, 5.41) is 0. The highest BCUT2D eigenvalue weighted by Crippen LogP contribution is 2.20. The van der Waals surface area contributed by atoms with E-state index in [9.17, 15) is 4.39 Å². The Labute approximate surface area is 112 Å². The van der Waals surface area contributed by atoms with Gasteiger partial charge in [-0.3, -0.25) is 4.98 Å². The van der Waals surface area contributed by atoms with Gasteiger partial charge in [-0.2, -0.15) is 0 Å². The van der Waals surface area contributed by atoms with Crippen LogP contribution >= 0.6 is 0 Å². The van der Waals surface area contributed by atoms with E-state index in [2.05, 4.69) is 4.98 Å². The van der Waals surface area contributed by atoms with Gasteiger partial charge in [0, 0.05) is 6.04 Å². The number of ether oxygens (including phenoxy) is 1. The van der Waals surface area contributed by atoms with Crippen LogP contribution in [0.1, 0.15) is 29.8 Å². The molecule has 1 aromatic carbocycles. The summed E-state index contributed by atoms with van der Waals surface area (Å²) in [7, 11) is 0. The Balaban J connectivity index is 2.05. The van der Waals surface area contributed by atoms with Crippen LogP contribution in [-0.4, -0.2) is 4.98 Å². The van der Waals surface area contributed by atoms with Crippen LogP contribution < -0.4 is 10.5 Å². The van der Waals surface area contributed by atoms with E-state index in [0.29, 0.717) is 12.4 Å². The minimum atomic E-state index is -0.247. The third kappa shape index (κ3) is 3.51. The molecule has 0 bridgehead atoms. The molecule has 1 aromatic heterocycles. The number of halogens is 1. The van der Waals surface area contributed by atoms with E-state index in [4.69, 9.17) is 10.5 Å². The maximum atomic E-state index is 12.8. The van der Waals surface area contributed by atoms with Crippen LogP contribution in [0.15, 0.2) is 36.5 Å². The number of hydrogen-bond acceptors (Lipinski definition) is 3. The largest absolute Gasteiger partial charge is 0.487 e. The Morgan fingerprint density at radius 1 is 1.32 bits per heavy atom. The Morgan fingerprint density at radius 2 is 2.00 bits per heavy atom. The van der Waals surface area contributed by atoms with Crippen LogP contribution in [0.2, 0.25) is 0 Å². The standard InChI is InChI=1S/C15H17FN2O/c1-10-7-14(11(2)17)18-8-15(10)19-9-12-3-5-13(16)6-4-12/h3-8,11H,9,17H2,1-2H3.